The standard InChI is InChI=1S/C13H23N5O.ClH/c1-13(2)5-3-6-14-11(13)10-15-12(19)4-8-18-9-7-16-17-18;/h7,9,11,14H,3-6,8,10H2,1-2H3,(H,15,19);1H. The zero-order chi connectivity index (χ0) is 13.7. The minimum absolute atomic E-state index is 0. The van der Waals surface area contributed by atoms with Gasteiger partial charge in [-0.2, -0.15) is 0 Å². The smallest absolute Gasteiger partial charge is 0.221 e. The van der Waals surface area contributed by atoms with E-state index in [0.29, 0.717) is 25.6 Å². The Bertz CT molecular complexity index is 407. The Balaban J connectivity index is 0.00000200. The maximum atomic E-state index is 11.8. The molecule has 1 saturated heterocycles. The van der Waals surface area contributed by atoms with Crippen LogP contribution >= 0.6 is 12.4 Å². The lowest BCUT2D eigenvalue weighted by molar-refractivity contribution is -0.121. The van der Waals surface area contributed by atoms with E-state index in [1.165, 1.54) is 12.8 Å². The van der Waals surface area contributed by atoms with Crippen molar-refractivity contribution in [2.24, 2.45) is 5.41 Å². The van der Waals surface area contributed by atoms with Gasteiger partial charge in [0.2, 0.25) is 5.91 Å². The summed E-state index contributed by atoms with van der Waals surface area (Å²) in [7, 11) is 0. The molecule has 7 heteroatoms. The number of carbonyl (C=O) groups excluding carboxylic acids is 1. The molecule has 1 aromatic heterocycles. The molecule has 0 aromatic carbocycles. The Morgan fingerprint density at radius 3 is 3.00 bits per heavy atom. The largest absolute Gasteiger partial charge is 0.354 e. The van der Waals surface area contributed by atoms with Gasteiger partial charge >= 0.3 is 0 Å². The number of nitrogens with zero attached hydrogens (tertiary/aromatic N) is 3. The predicted octanol–water partition coefficient (Wildman–Crippen LogP) is 0.984. The van der Waals surface area contributed by atoms with Gasteiger partial charge in [0.15, 0.2) is 0 Å². The van der Waals surface area contributed by atoms with Crippen LogP contribution in [0.15, 0.2) is 12.4 Å². The van der Waals surface area contributed by atoms with Crippen LogP contribution in [0.4, 0.5) is 0 Å². The van der Waals surface area contributed by atoms with E-state index in [1.54, 1.807) is 17.1 Å². The molecule has 6 nitrogen and oxygen atoms in total. The molecule has 2 N–H and O–H groups in total. The molecule has 0 saturated carbocycles. The molecule has 0 aliphatic carbocycles. The average Bonchev–Trinajstić information content (AvgIpc) is 2.87. The number of amides is 1. The number of hydrogen-bond donors (Lipinski definition) is 2. The molecule has 0 bridgehead atoms. The molecule has 114 valence electrons. The highest BCUT2D eigenvalue weighted by atomic mass is 35.5. The fourth-order valence-electron chi connectivity index (χ4n) is 2.49. The summed E-state index contributed by atoms with van der Waals surface area (Å²) >= 11 is 0. The van der Waals surface area contributed by atoms with Gasteiger partial charge in [0.05, 0.1) is 12.7 Å². The van der Waals surface area contributed by atoms with Crippen molar-refractivity contribution in [3.05, 3.63) is 12.4 Å². The summed E-state index contributed by atoms with van der Waals surface area (Å²) in [5.74, 6) is 0.0682. The average molecular weight is 302 g/mol. The number of aryl methyl sites for hydroxylation is 1. The second-order valence-electron chi connectivity index (χ2n) is 5.82. The van der Waals surface area contributed by atoms with Gasteiger partial charge in [-0.1, -0.05) is 19.1 Å². The normalized spacial score (nSPS) is 21.0. The Labute approximate surface area is 126 Å². The van der Waals surface area contributed by atoms with Crippen molar-refractivity contribution in [3.8, 4) is 0 Å². The third kappa shape index (κ3) is 4.76. The predicted molar refractivity (Wildman–Crippen MR) is 79.7 cm³/mol. The number of carbonyl (C=O) groups is 1. The van der Waals surface area contributed by atoms with E-state index < -0.39 is 0 Å². The minimum atomic E-state index is 0. The number of nitrogens with one attached hydrogen (secondary N) is 2. The molecule has 1 aromatic rings. The summed E-state index contributed by atoms with van der Waals surface area (Å²) in [6, 6.07) is 0.358. The van der Waals surface area contributed by atoms with E-state index in [2.05, 4.69) is 34.8 Å². The highest BCUT2D eigenvalue weighted by Gasteiger charge is 2.31. The lowest BCUT2D eigenvalue weighted by Crippen LogP contribution is -2.52. The van der Waals surface area contributed by atoms with Gasteiger partial charge < -0.3 is 10.6 Å². The van der Waals surface area contributed by atoms with Crippen molar-refractivity contribution in [1.82, 2.24) is 25.6 Å². The van der Waals surface area contributed by atoms with Gasteiger partial charge in [-0.15, -0.1) is 17.5 Å². The van der Waals surface area contributed by atoms with Gasteiger partial charge in [-0.25, -0.2) is 0 Å². The van der Waals surface area contributed by atoms with Crippen molar-refractivity contribution in [3.63, 3.8) is 0 Å². The molecule has 1 fully saturated rings. The summed E-state index contributed by atoms with van der Waals surface area (Å²) in [6.45, 7) is 6.83. The van der Waals surface area contributed by atoms with Crippen LogP contribution in [0.25, 0.3) is 0 Å². The van der Waals surface area contributed by atoms with Gasteiger partial charge in [0.1, 0.15) is 0 Å². The summed E-state index contributed by atoms with van der Waals surface area (Å²) in [6.07, 6.45) is 6.24. The van der Waals surface area contributed by atoms with Crippen LogP contribution in [0.2, 0.25) is 0 Å². The van der Waals surface area contributed by atoms with Crippen LogP contribution in [0.3, 0.4) is 0 Å². The van der Waals surface area contributed by atoms with Crippen LogP contribution < -0.4 is 10.6 Å². The number of rotatable bonds is 5. The first-order valence-electron chi connectivity index (χ1n) is 6.92. The molecule has 0 radical (unpaired) electrons. The Hall–Kier alpha value is -1.14. The van der Waals surface area contributed by atoms with Gasteiger partial charge in [-0.3, -0.25) is 9.48 Å². The number of piperidine rings is 1. The lowest BCUT2D eigenvalue weighted by atomic mass is 9.77. The SMILES string of the molecule is CC1(C)CCCNC1CNC(=O)CCn1ccnn1.Cl. The van der Waals surface area contributed by atoms with Gasteiger partial charge in [0.25, 0.3) is 0 Å². The molecule has 1 atom stereocenters. The van der Waals surface area contributed by atoms with Crippen molar-refractivity contribution >= 4 is 18.3 Å². The topological polar surface area (TPSA) is 71.8 Å². The van der Waals surface area contributed by atoms with Crippen LogP contribution in [0, 0.1) is 5.41 Å². The number of aromatic nitrogens is 3. The quantitative estimate of drug-likeness (QED) is 0.850. The van der Waals surface area contributed by atoms with E-state index in [0.717, 1.165) is 6.54 Å². The van der Waals surface area contributed by atoms with E-state index in [4.69, 9.17) is 0 Å². The van der Waals surface area contributed by atoms with Crippen molar-refractivity contribution < 1.29 is 4.79 Å². The molecule has 1 aliphatic rings. The first-order valence-corrected chi connectivity index (χ1v) is 6.92. The van der Waals surface area contributed by atoms with Crippen molar-refractivity contribution in [2.45, 2.75) is 45.7 Å². The minimum Gasteiger partial charge on any atom is -0.354 e. The third-order valence-electron chi connectivity index (χ3n) is 3.88. The molecule has 1 amide bonds. The molecule has 1 aliphatic heterocycles. The van der Waals surface area contributed by atoms with E-state index in [-0.39, 0.29) is 23.7 Å². The number of hydrogen-bond acceptors (Lipinski definition) is 4. The zero-order valence-electron chi connectivity index (χ0n) is 12.1. The van der Waals surface area contributed by atoms with Crippen molar-refractivity contribution in [2.75, 3.05) is 13.1 Å². The lowest BCUT2D eigenvalue weighted by Gasteiger charge is -2.39. The fourth-order valence-corrected chi connectivity index (χ4v) is 2.49. The third-order valence-corrected chi connectivity index (χ3v) is 3.88. The Kier molecular flexibility index (Phi) is 6.42. The molecular formula is C13H24ClN5O. The summed E-state index contributed by atoms with van der Waals surface area (Å²) < 4.78 is 1.67. The second kappa shape index (κ2) is 7.59. The summed E-state index contributed by atoms with van der Waals surface area (Å²) in [4.78, 5) is 11.8. The molecule has 20 heavy (non-hydrogen) atoms. The molecule has 1 unspecified atom stereocenters. The van der Waals surface area contributed by atoms with E-state index in [9.17, 15) is 4.79 Å². The Morgan fingerprint density at radius 2 is 2.35 bits per heavy atom. The van der Waals surface area contributed by atoms with Crippen LogP contribution in [0.1, 0.15) is 33.1 Å². The van der Waals surface area contributed by atoms with E-state index in [1.807, 2.05) is 0 Å². The summed E-state index contributed by atoms with van der Waals surface area (Å²) in [5.41, 5.74) is 0.247. The van der Waals surface area contributed by atoms with Crippen LogP contribution in [-0.2, 0) is 11.3 Å². The Morgan fingerprint density at radius 1 is 1.55 bits per heavy atom. The highest BCUT2D eigenvalue weighted by molar-refractivity contribution is 5.85. The fraction of sp³-hybridized carbons (Fsp3) is 0.769. The monoisotopic (exact) mass is 301 g/mol. The second-order valence-corrected chi connectivity index (χ2v) is 5.82. The van der Waals surface area contributed by atoms with Crippen molar-refractivity contribution in [1.29, 1.82) is 0 Å². The molecule has 2 heterocycles. The first kappa shape index (κ1) is 16.9. The molecule has 2 rings (SSSR count). The zero-order valence-corrected chi connectivity index (χ0v) is 12.9. The highest BCUT2D eigenvalue weighted by Crippen LogP contribution is 2.29. The van der Waals surface area contributed by atoms with E-state index >= 15 is 0 Å². The van der Waals surface area contributed by atoms with Crippen LogP contribution in [0.5, 0.6) is 0 Å². The maximum Gasteiger partial charge on any atom is 0.221 e. The van der Waals surface area contributed by atoms with Gasteiger partial charge in [0, 0.05) is 25.2 Å². The van der Waals surface area contributed by atoms with Gasteiger partial charge in [-0.05, 0) is 24.8 Å². The first-order chi connectivity index (χ1) is 9.08. The summed E-state index contributed by atoms with van der Waals surface area (Å²) in [5, 5.41) is 14.0. The number of halogens is 1. The molecule has 0 spiro atoms. The molecular weight excluding hydrogens is 278 g/mol. The van der Waals surface area contributed by atoms with Crippen LogP contribution in [-0.4, -0.2) is 40.0 Å². The maximum absolute atomic E-state index is 11.8.